The molecule has 4 heteroatoms. The van der Waals surface area contributed by atoms with E-state index in [4.69, 9.17) is 0 Å². The molecule has 116 valence electrons. The molecule has 0 aromatic carbocycles. The number of nitrogens with zero attached hydrogens (tertiary/aromatic N) is 1. The molecule has 1 N–H and O–H groups in total. The summed E-state index contributed by atoms with van der Waals surface area (Å²) in [6.45, 7) is 3.09. The predicted octanol–water partition coefficient (Wildman–Crippen LogP) is 3.93. The van der Waals surface area contributed by atoms with E-state index in [1.165, 1.54) is 24.8 Å². The third kappa shape index (κ3) is 3.67. The number of hydrogen-bond donors (Lipinski definition) is 1. The van der Waals surface area contributed by atoms with Gasteiger partial charge in [0.15, 0.2) is 0 Å². The molecule has 0 spiro atoms. The summed E-state index contributed by atoms with van der Waals surface area (Å²) in [5.74, 6) is 1.27. The highest BCUT2D eigenvalue weighted by Crippen LogP contribution is 2.34. The molecule has 1 saturated heterocycles. The second-order valence-electron chi connectivity index (χ2n) is 6.44. The van der Waals surface area contributed by atoms with Crippen molar-refractivity contribution in [3.8, 4) is 0 Å². The summed E-state index contributed by atoms with van der Waals surface area (Å²) < 4.78 is 0. The molecular weight excluding hydrogens is 280 g/mol. The molecule has 1 aliphatic carbocycles. The van der Waals surface area contributed by atoms with Crippen LogP contribution < -0.4 is 5.32 Å². The fourth-order valence-corrected chi connectivity index (χ4v) is 3.88. The summed E-state index contributed by atoms with van der Waals surface area (Å²) in [5.41, 5.74) is 1.25. The van der Waals surface area contributed by atoms with Crippen molar-refractivity contribution in [2.45, 2.75) is 64.1 Å². The molecule has 1 aromatic rings. The summed E-state index contributed by atoms with van der Waals surface area (Å²) in [6, 6.07) is 2.17. The highest BCUT2D eigenvalue weighted by molar-refractivity contribution is 7.07. The lowest BCUT2D eigenvalue weighted by atomic mass is 10.1. The van der Waals surface area contributed by atoms with Gasteiger partial charge in [0.25, 0.3) is 0 Å². The molecule has 0 bridgehead atoms. The Morgan fingerprint density at radius 3 is 2.86 bits per heavy atom. The average molecular weight is 306 g/mol. The number of carbonyl (C=O) groups excluding carboxylic acids is 1. The molecule has 21 heavy (non-hydrogen) atoms. The summed E-state index contributed by atoms with van der Waals surface area (Å²) in [6.07, 6.45) is 8.59. The number of carbonyl (C=O) groups is 1. The lowest BCUT2D eigenvalue weighted by Crippen LogP contribution is -2.32. The Bertz CT molecular complexity index is 455. The van der Waals surface area contributed by atoms with Gasteiger partial charge in [-0.15, -0.1) is 0 Å². The van der Waals surface area contributed by atoms with Crippen molar-refractivity contribution >= 4 is 17.2 Å². The summed E-state index contributed by atoms with van der Waals surface area (Å²) >= 11 is 1.71. The summed E-state index contributed by atoms with van der Waals surface area (Å²) in [5, 5.41) is 7.83. The van der Waals surface area contributed by atoms with Gasteiger partial charge in [0.2, 0.25) is 5.91 Å². The van der Waals surface area contributed by atoms with E-state index in [2.05, 4.69) is 34.0 Å². The van der Waals surface area contributed by atoms with Crippen LogP contribution in [0.2, 0.25) is 0 Å². The number of unbranched alkanes of at least 4 members (excludes halogenated alkanes) is 1. The van der Waals surface area contributed by atoms with Crippen LogP contribution in [0.3, 0.4) is 0 Å². The van der Waals surface area contributed by atoms with Gasteiger partial charge in [-0.25, -0.2) is 0 Å². The molecule has 1 saturated carbocycles. The first-order chi connectivity index (χ1) is 10.3. The van der Waals surface area contributed by atoms with Crippen LogP contribution >= 0.6 is 11.3 Å². The van der Waals surface area contributed by atoms with Crippen molar-refractivity contribution in [1.82, 2.24) is 10.2 Å². The molecule has 3 rings (SSSR count). The van der Waals surface area contributed by atoms with Crippen LogP contribution in [0.5, 0.6) is 0 Å². The van der Waals surface area contributed by atoms with Gasteiger partial charge >= 0.3 is 0 Å². The number of rotatable bonds is 8. The van der Waals surface area contributed by atoms with Gasteiger partial charge in [0.05, 0.1) is 6.04 Å². The third-order valence-corrected chi connectivity index (χ3v) is 5.37. The van der Waals surface area contributed by atoms with Crippen LogP contribution in [0.15, 0.2) is 16.8 Å². The Kier molecular flexibility index (Phi) is 4.96. The SMILES string of the molecule is CCCCC1NC(c2ccsc2)N(CCCC2CC2)C1=O. The lowest BCUT2D eigenvalue weighted by molar-refractivity contribution is -0.130. The average Bonchev–Trinajstić information content (AvgIpc) is 3.04. The smallest absolute Gasteiger partial charge is 0.241 e. The van der Waals surface area contributed by atoms with E-state index in [1.54, 1.807) is 11.3 Å². The second kappa shape index (κ2) is 6.93. The highest BCUT2D eigenvalue weighted by Gasteiger charge is 2.39. The summed E-state index contributed by atoms with van der Waals surface area (Å²) in [4.78, 5) is 14.8. The van der Waals surface area contributed by atoms with E-state index >= 15 is 0 Å². The first kappa shape index (κ1) is 15.0. The van der Waals surface area contributed by atoms with Gasteiger partial charge in [-0.1, -0.05) is 32.6 Å². The maximum Gasteiger partial charge on any atom is 0.241 e. The molecule has 1 aromatic heterocycles. The Hall–Kier alpha value is -0.870. The van der Waals surface area contributed by atoms with Crippen molar-refractivity contribution in [3.63, 3.8) is 0 Å². The quantitative estimate of drug-likeness (QED) is 0.789. The van der Waals surface area contributed by atoms with E-state index in [1.807, 2.05) is 0 Å². The third-order valence-electron chi connectivity index (χ3n) is 4.67. The maximum atomic E-state index is 12.7. The van der Waals surface area contributed by atoms with Gasteiger partial charge in [-0.2, -0.15) is 11.3 Å². The van der Waals surface area contributed by atoms with Crippen LogP contribution in [0.25, 0.3) is 0 Å². The topological polar surface area (TPSA) is 32.3 Å². The lowest BCUT2D eigenvalue weighted by Gasteiger charge is -2.23. The molecule has 2 atom stereocenters. The predicted molar refractivity (Wildman–Crippen MR) is 87.2 cm³/mol. The number of nitrogens with one attached hydrogen (secondary N) is 1. The Morgan fingerprint density at radius 2 is 2.19 bits per heavy atom. The van der Waals surface area contributed by atoms with Crippen molar-refractivity contribution in [2.24, 2.45) is 5.92 Å². The first-order valence-electron chi connectivity index (χ1n) is 8.38. The highest BCUT2D eigenvalue weighted by atomic mass is 32.1. The number of amides is 1. The Labute approximate surface area is 131 Å². The first-order valence-corrected chi connectivity index (χ1v) is 9.32. The van der Waals surface area contributed by atoms with Crippen LogP contribution in [0, 0.1) is 5.92 Å². The van der Waals surface area contributed by atoms with E-state index < -0.39 is 0 Å². The zero-order valence-corrected chi connectivity index (χ0v) is 13.7. The Balaban J connectivity index is 1.63. The molecule has 0 radical (unpaired) electrons. The van der Waals surface area contributed by atoms with Crippen LogP contribution in [-0.4, -0.2) is 23.4 Å². The van der Waals surface area contributed by atoms with Crippen molar-refractivity contribution in [2.75, 3.05) is 6.54 Å². The molecule has 3 nitrogen and oxygen atoms in total. The van der Waals surface area contributed by atoms with Crippen molar-refractivity contribution in [3.05, 3.63) is 22.4 Å². The zero-order valence-electron chi connectivity index (χ0n) is 12.9. The van der Waals surface area contributed by atoms with E-state index in [0.717, 1.165) is 38.1 Å². The fourth-order valence-electron chi connectivity index (χ4n) is 3.20. The molecule has 1 amide bonds. The van der Waals surface area contributed by atoms with Gasteiger partial charge in [-0.3, -0.25) is 10.1 Å². The van der Waals surface area contributed by atoms with Gasteiger partial charge in [-0.05, 0) is 47.6 Å². The molecular formula is C17H26N2OS. The van der Waals surface area contributed by atoms with Crippen molar-refractivity contribution in [1.29, 1.82) is 0 Å². The normalized spacial score (nSPS) is 25.8. The van der Waals surface area contributed by atoms with Crippen LogP contribution in [0.1, 0.15) is 63.6 Å². The summed E-state index contributed by atoms with van der Waals surface area (Å²) in [7, 11) is 0. The standard InChI is InChI=1S/C17H26N2OS/c1-2-3-6-15-17(20)19(10-4-5-13-7-8-13)16(18-15)14-9-11-21-12-14/h9,11-13,15-16,18H,2-8,10H2,1H3. The molecule has 2 aliphatic rings. The van der Waals surface area contributed by atoms with Crippen LogP contribution in [0.4, 0.5) is 0 Å². The maximum absolute atomic E-state index is 12.7. The minimum atomic E-state index is 0.0239. The molecule has 2 heterocycles. The Morgan fingerprint density at radius 1 is 1.33 bits per heavy atom. The van der Waals surface area contributed by atoms with E-state index in [0.29, 0.717) is 5.91 Å². The van der Waals surface area contributed by atoms with E-state index in [-0.39, 0.29) is 12.2 Å². The van der Waals surface area contributed by atoms with Gasteiger partial charge in [0.1, 0.15) is 6.17 Å². The van der Waals surface area contributed by atoms with Gasteiger partial charge < -0.3 is 4.90 Å². The monoisotopic (exact) mass is 306 g/mol. The van der Waals surface area contributed by atoms with Crippen LogP contribution in [-0.2, 0) is 4.79 Å². The minimum Gasteiger partial charge on any atom is -0.322 e. The fraction of sp³-hybridized carbons (Fsp3) is 0.706. The number of hydrogen-bond acceptors (Lipinski definition) is 3. The minimum absolute atomic E-state index is 0.0239. The molecule has 2 fully saturated rings. The number of thiophene rings is 1. The largest absolute Gasteiger partial charge is 0.322 e. The molecule has 1 aliphatic heterocycles. The van der Waals surface area contributed by atoms with Gasteiger partial charge in [0, 0.05) is 6.54 Å². The molecule has 2 unspecified atom stereocenters. The second-order valence-corrected chi connectivity index (χ2v) is 7.22. The van der Waals surface area contributed by atoms with Crippen molar-refractivity contribution < 1.29 is 4.79 Å². The van der Waals surface area contributed by atoms with E-state index in [9.17, 15) is 4.79 Å². The zero-order chi connectivity index (χ0) is 14.7.